The summed E-state index contributed by atoms with van der Waals surface area (Å²) in [6.07, 6.45) is 3.66. The molecule has 1 atom stereocenters. The lowest BCUT2D eigenvalue weighted by atomic mass is 10.1. The number of hydrogen-bond acceptors (Lipinski definition) is 2. The lowest BCUT2D eigenvalue weighted by Gasteiger charge is -2.25. The number of pyridine rings is 1. The zero-order valence-corrected chi connectivity index (χ0v) is 15.3. The number of carbonyl (C=O) groups excluding carboxylic acids is 1. The maximum Gasteiger partial charge on any atom is 0.317 e. The van der Waals surface area contributed by atoms with Gasteiger partial charge in [0, 0.05) is 19.4 Å². The van der Waals surface area contributed by atoms with Crippen molar-refractivity contribution in [1.29, 1.82) is 0 Å². The highest BCUT2D eigenvalue weighted by Gasteiger charge is 2.17. The van der Waals surface area contributed by atoms with Crippen LogP contribution in [0.3, 0.4) is 0 Å². The van der Waals surface area contributed by atoms with E-state index in [4.69, 9.17) is 11.6 Å². The van der Waals surface area contributed by atoms with Crippen LogP contribution in [0.15, 0.2) is 48.8 Å². The van der Waals surface area contributed by atoms with E-state index in [1.54, 1.807) is 24.2 Å². The van der Waals surface area contributed by atoms with Crippen molar-refractivity contribution in [3.8, 4) is 0 Å². The van der Waals surface area contributed by atoms with Crippen LogP contribution in [0.25, 0.3) is 5.65 Å². The molecule has 2 amide bonds. The van der Waals surface area contributed by atoms with Crippen molar-refractivity contribution in [2.45, 2.75) is 26.4 Å². The van der Waals surface area contributed by atoms with Gasteiger partial charge in [-0.15, -0.1) is 0 Å². The molecule has 25 heavy (non-hydrogen) atoms. The Labute approximate surface area is 152 Å². The molecule has 0 fully saturated rings. The highest BCUT2D eigenvalue weighted by atomic mass is 35.5. The second-order valence-corrected chi connectivity index (χ2v) is 6.64. The molecule has 1 aromatic carbocycles. The van der Waals surface area contributed by atoms with E-state index >= 15 is 0 Å². The molecule has 1 unspecified atom stereocenters. The van der Waals surface area contributed by atoms with E-state index in [2.05, 4.69) is 34.6 Å². The highest BCUT2D eigenvalue weighted by Crippen LogP contribution is 2.19. The van der Waals surface area contributed by atoms with Crippen molar-refractivity contribution in [2.75, 3.05) is 7.05 Å². The molecule has 2 aromatic heterocycles. The second-order valence-electron chi connectivity index (χ2n) is 6.20. The summed E-state index contributed by atoms with van der Waals surface area (Å²) in [4.78, 5) is 18.6. The van der Waals surface area contributed by atoms with Gasteiger partial charge < -0.3 is 14.6 Å². The molecule has 2 heterocycles. The van der Waals surface area contributed by atoms with Gasteiger partial charge in [-0.25, -0.2) is 9.78 Å². The number of nitrogens with zero attached hydrogens (tertiary/aromatic N) is 3. The average molecular weight is 357 g/mol. The maximum absolute atomic E-state index is 12.4. The van der Waals surface area contributed by atoms with Gasteiger partial charge in [-0.05, 0) is 31.5 Å². The normalized spacial score (nSPS) is 12.2. The van der Waals surface area contributed by atoms with Gasteiger partial charge in [0.2, 0.25) is 0 Å². The van der Waals surface area contributed by atoms with Gasteiger partial charge in [-0.1, -0.05) is 41.4 Å². The molecule has 3 aromatic rings. The topological polar surface area (TPSA) is 49.6 Å². The van der Waals surface area contributed by atoms with E-state index in [9.17, 15) is 4.79 Å². The van der Waals surface area contributed by atoms with Crippen LogP contribution >= 0.6 is 11.6 Å². The van der Waals surface area contributed by atoms with E-state index in [0.29, 0.717) is 11.6 Å². The predicted octanol–water partition coefficient (Wildman–Crippen LogP) is 4.20. The predicted molar refractivity (Wildman–Crippen MR) is 99.8 cm³/mol. The zero-order valence-electron chi connectivity index (χ0n) is 14.5. The fourth-order valence-corrected chi connectivity index (χ4v) is 2.81. The van der Waals surface area contributed by atoms with Gasteiger partial charge in [-0.2, -0.15) is 0 Å². The summed E-state index contributed by atoms with van der Waals surface area (Å²) in [5.74, 6) is 0. The number of rotatable bonds is 4. The number of halogens is 1. The molecule has 0 aliphatic heterocycles. The van der Waals surface area contributed by atoms with Crippen LogP contribution in [0.4, 0.5) is 4.79 Å². The summed E-state index contributed by atoms with van der Waals surface area (Å²) >= 11 is 5.97. The minimum atomic E-state index is -0.136. The van der Waals surface area contributed by atoms with E-state index in [0.717, 1.165) is 16.9 Å². The Bertz CT molecular complexity index is 888. The Morgan fingerprint density at radius 3 is 2.68 bits per heavy atom. The number of aromatic nitrogens is 2. The van der Waals surface area contributed by atoms with Crippen molar-refractivity contribution in [2.24, 2.45) is 0 Å². The molecule has 0 aliphatic carbocycles. The lowest BCUT2D eigenvalue weighted by molar-refractivity contribution is 0.194. The number of fused-ring (bicyclic) bond motifs is 1. The lowest BCUT2D eigenvalue weighted by Crippen LogP contribution is -2.38. The van der Waals surface area contributed by atoms with Gasteiger partial charge in [0.1, 0.15) is 5.65 Å². The van der Waals surface area contributed by atoms with Crippen LogP contribution in [-0.4, -0.2) is 27.4 Å². The molecule has 5 nitrogen and oxygen atoms in total. The number of hydrogen-bond donors (Lipinski definition) is 1. The first kappa shape index (κ1) is 17.3. The number of amides is 2. The van der Waals surface area contributed by atoms with Crippen LogP contribution in [0.2, 0.25) is 5.02 Å². The second kappa shape index (κ2) is 7.15. The Morgan fingerprint density at radius 2 is 1.96 bits per heavy atom. The third-order valence-corrected chi connectivity index (χ3v) is 4.57. The molecule has 130 valence electrons. The molecular formula is C19H21ClN4O. The van der Waals surface area contributed by atoms with Crippen LogP contribution in [0.5, 0.6) is 0 Å². The SMILES string of the molecule is Cc1ccc(C(C)N(C)C(=O)NCc2cn3cc(Cl)ccc3n2)cc1. The largest absolute Gasteiger partial charge is 0.332 e. The first-order chi connectivity index (χ1) is 11.9. The molecule has 0 aliphatic rings. The monoisotopic (exact) mass is 356 g/mol. The van der Waals surface area contributed by atoms with Crippen LogP contribution in [0, 0.1) is 6.92 Å². The molecule has 1 N–H and O–H groups in total. The molecule has 0 bridgehead atoms. The van der Waals surface area contributed by atoms with Gasteiger partial charge in [0.05, 0.1) is 23.3 Å². The Hall–Kier alpha value is -2.53. The van der Waals surface area contributed by atoms with Crippen molar-refractivity contribution in [3.63, 3.8) is 0 Å². The van der Waals surface area contributed by atoms with Crippen LogP contribution < -0.4 is 5.32 Å². The van der Waals surface area contributed by atoms with E-state index in [1.807, 2.05) is 30.5 Å². The van der Waals surface area contributed by atoms with E-state index in [1.165, 1.54) is 5.56 Å². The fraction of sp³-hybridized carbons (Fsp3) is 0.263. The van der Waals surface area contributed by atoms with E-state index in [-0.39, 0.29) is 12.1 Å². The van der Waals surface area contributed by atoms with Crippen molar-refractivity contribution in [1.82, 2.24) is 19.6 Å². The number of nitrogens with one attached hydrogen (secondary N) is 1. The van der Waals surface area contributed by atoms with Gasteiger partial charge in [-0.3, -0.25) is 0 Å². The minimum absolute atomic E-state index is 0.0134. The molecule has 0 saturated heterocycles. The number of carbonyl (C=O) groups is 1. The van der Waals surface area contributed by atoms with Gasteiger partial charge >= 0.3 is 6.03 Å². The Kier molecular flexibility index (Phi) is 4.95. The quantitative estimate of drug-likeness (QED) is 0.761. The number of imidazole rings is 1. The van der Waals surface area contributed by atoms with Crippen LogP contribution in [-0.2, 0) is 6.54 Å². The number of benzene rings is 1. The van der Waals surface area contributed by atoms with E-state index < -0.39 is 0 Å². The Balaban J connectivity index is 1.63. The summed E-state index contributed by atoms with van der Waals surface area (Å²) < 4.78 is 1.85. The maximum atomic E-state index is 12.4. The summed E-state index contributed by atoms with van der Waals surface area (Å²) in [7, 11) is 1.79. The first-order valence-corrected chi connectivity index (χ1v) is 8.52. The third kappa shape index (κ3) is 3.94. The number of aryl methyl sites for hydroxylation is 1. The minimum Gasteiger partial charge on any atom is -0.332 e. The zero-order chi connectivity index (χ0) is 18.0. The molecule has 6 heteroatoms. The smallest absolute Gasteiger partial charge is 0.317 e. The standard InChI is InChI=1S/C19H21ClN4O/c1-13-4-6-15(7-5-13)14(2)23(3)19(25)21-10-17-12-24-11-16(20)8-9-18(24)22-17/h4-9,11-12,14H,10H2,1-3H3,(H,21,25). The highest BCUT2D eigenvalue weighted by molar-refractivity contribution is 6.30. The molecule has 0 saturated carbocycles. The number of urea groups is 1. The molecule has 3 rings (SSSR count). The van der Waals surface area contributed by atoms with Crippen molar-refractivity contribution in [3.05, 3.63) is 70.6 Å². The summed E-state index contributed by atoms with van der Waals surface area (Å²) in [6, 6.07) is 11.7. The molecule has 0 radical (unpaired) electrons. The van der Waals surface area contributed by atoms with Gasteiger partial charge in [0.25, 0.3) is 0 Å². The fourth-order valence-electron chi connectivity index (χ4n) is 2.64. The first-order valence-electron chi connectivity index (χ1n) is 8.14. The van der Waals surface area contributed by atoms with Gasteiger partial charge in [0.15, 0.2) is 0 Å². The summed E-state index contributed by atoms with van der Waals surface area (Å²) in [5, 5.41) is 3.56. The Morgan fingerprint density at radius 1 is 1.24 bits per heavy atom. The summed E-state index contributed by atoms with van der Waals surface area (Å²) in [5.41, 5.74) is 3.89. The molecule has 0 spiro atoms. The molecular weight excluding hydrogens is 336 g/mol. The average Bonchev–Trinajstić information content (AvgIpc) is 3.01. The van der Waals surface area contributed by atoms with Crippen LogP contribution in [0.1, 0.15) is 29.8 Å². The summed E-state index contributed by atoms with van der Waals surface area (Å²) in [6.45, 7) is 4.42. The third-order valence-electron chi connectivity index (χ3n) is 4.35. The van der Waals surface area contributed by atoms with Crippen molar-refractivity contribution < 1.29 is 4.79 Å². The van der Waals surface area contributed by atoms with Crippen molar-refractivity contribution >= 4 is 23.3 Å².